The minimum atomic E-state index is -0.343. The van der Waals surface area contributed by atoms with Gasteiger partial charge in [-0.25, -0.2) is 9.07 Å². The van der Waals surface area contributed by atoms with Gasteiger partial charge in [-0.05, 0) is 54.8 Å². The minimum absolute atomic E-state index is 0.0426. The first kappa shape index (κ1) is 22.6. The molecule has 0 spiro atoms. The van der Waals surface area contributed by atoms with Gasteiger partial charge in [-0.1, -0.05) is 30.3 Å². The van der Waals surface area contributed by atoms with Crippen molar-refractivity contribution in [3.05, 3.63) is 102 Å². The first-order valence-electron chi connectivity index (χ1n) is 11.7. The van der Waals surface area contributed by atoms with Gasteiger partial charge in [0, 0.05) is 32.0 Å². The number of amides is 2. The summed E-state index contributed by atoms with van der Waals surface area (Å²) in [7, 11) is 0. The van der Waals surface area contributed by atoms with Crippen LogP contribution in [-0.2, 0) is 11.3 Å². The SMILES string of the molecule is O=C(NCc1ccccc1)[C@H]1CCCN(C(=O)c2cnn(-c3ccc(F)cc3)c2-n2cccc2)C1. The highest BCUT2D eigenvalue weighted by atomic mass is 19.1. The molecule has 0 radical (unpaired) electrons. The molecule has 1 fully saturated rings. The van der Waals surface area contributed by atoms with E-state index in [4.69, 9.17) is 0 Å². The molecule has 1 aliphatic heterocycles. The Morgan fingerprint density at radius 3 is 2.49 bits per heavy atom. The summed E-state index contributed by atoms with van der Waals surface area (Å²) in [5.41, 5.74) is 2.11. The van der Waals surface area contributed by atoms with E-state index in [1.165, 1.54) is 12.1 Å². The number of carbonyl (C=O) groups excluding carboxylic acids is 2. The minimum Gasteiger partial charge on any atom is -0.352 e. The second-order valence-corrected chi connectivity index (χ2v) is 8.65. The number of aromatic nitrogens is 3. The zero-order valence-electron chi connectivity index (χ0n) is 19.2. The average Bonchev–Trinajstić information content (AvgIpc) is 3.58. The Hall–Kier alpha value is -4.20. The number of nitrogens with one attached hydrogen (secondary N) is 1. The molecule has 3 heterocycles. The third-order valence-electron chi connectivity index (χ3n) is 6.28. The molecule has 5 rings (SSSR count). The van der Waals surface area contributed by atoms with Crippen molar-refractivity contribution >= 4 is 11.8 Å². The van der Waals surface area contributed by atoms with Crippen LogP contribution in [0.25, 0.3) is 11.5 Å². The summed E-state index contributed by atoms with van der Waals surface area (Å²) < 4.78 is 16.9. The number of hydrogen-bond acceptors (Lipinski definition) is 3. The molecule has 0 unspecified atom stereocenters. The first-order chi connectivity index (χ1) is 17.1. The Morgan fingerprint density at radius 1 is 1.00 bits per heavy atom. The fourth-order valence-electron chi connectivity index (χ4n) is 4.46. The van der Waals surface area contributed by atoms with E-state index in [9.17, 15) is 14.0 Å². The molecule has 2 amide bonds. The van der Waals surface area contributed by atoms with Crippen LogP contribution in [0.4, 0.5) is 4.39 Å². The molecule has 1 saturated heterocycles. The molecular formula is C27H26FN5O2. The van der Waals surface area contributed by atoms with Crippen LogP contribution >= 0.6 is 0 Å². The second-order valence-electron chi connectivity index (χ2n) is 8.65. The van der Waals surface area contributed by atoms with Crippen molar-refractivity contribution in [3.8, 4) is 11.5 Å². The molecule has 4 aromatic rings. The Balaban J connectivity index is 1.36. The number of piperidine rings is 1. The highest BCUT2D eigenvalue weighted by molar-refractivity contribution is 5.97. The van der Waals surface area contributed by atoms with Gasteiger partial charge in [0.25, 0.3) is 5.91 Å². The van der Waals surface area contributed by atoms with E-state index in [1.807, 2.05) is 59.4 Å². The normalized spacial score (nSPS) is 15.7. The summed E-state index contributed by atoms with van der Waals surface area (Å²) in [6.07, 6.45) is 6.71. The summed E-state index contributed by atoms with van der Waals surface area (Å²) in [5, 5.41) is 7.46. The van der Waals surface area contributed by atoms with Gasteiger partial charge >= 0.3 is 0 Å². The molecule has 2 aromatic heterocycles. The topological polar surface area (TPSA) is 72.2 Å². The van der Waals surface area contributed by atoms with Gasteiger partial charge in [-0.2, -0.15) is 5.10 Å². The van der Waals surface area contributed by atoms with Gasteiger partial charge in [-0.15, -0.1) is 0 Å². The van der Waals surface area contributed by atoms with Crippen LogP contribution < -0.4 is 5.32 Å². The zero-order valence-corrected chi connectivity index (χ0v) is 19.2. The fraction of sp³-hybridized carbons (Fsp3) is 0.222. The molecule has 7 nitrogen and oxygen atoms in total. The van der Waals surface area contributed by atoms with Crippen molar-refractivity contribution in [2.45, 2.75) is 19.4 Å². The van der Waals surface area contributed by atoms with E-state index in [2.05, 4.69) is 10.4 Å². The molecule has 1 aliphatic rings. The molecule has 1 N–H and O–H groups in total. The quantitative estimate of drug-likeness (QED) is 0.463. The lowest BCUT2D eigenvalue weighted by Gasteiger charge is -2.32. The van der Waals surface area contributed by atoms with Gasteiger partial charge in [0.1, 0.15) is 11.4 Å². The van der Waals surface area contributed by atoms with Gasteiger partial charge in [-0.3, -0.25) is 9.59 Å². The van der Waals surface area contributed by atoms with E-state index in [-0.39, 0.29) is 23.5 Å². The van der Waals surface area contributed by atoms with Crippen LogP contribution in [0.3, 0.4) is 0 Å². The standard InChI is InChI=1S/C27H26FN5O2/c28-22-10-12-23(13-11-22)33-26(31-14-4-5-15-31)24(18-30-33)27(35)32-16-6-9-21(19-32)25(34)29-17-20-7-2-1-3-8-20/h1-5,7-8,10-15,18,21H,6,9,16-17,19H2,(H,29,34)/t21-/m0/s1. The zero-order chi connectivity index (χ0) is 24.2. The van der Waals surface area contributed by atoms with Crippen LogP contribution in [0.1, 0.15) is 28.8 Å². The Kier molecular flexibility index (Phi) is 6.43. The highest BCUT2D eigenvalue weighted by Gasteiger charge is 2.31. The molecule has 0 bridgehead atoms. The van der Waals surface area contributed by atoms with Crippen molar-refractivity contribution in [3.63, 3.8) is 0 Å². The summed E-state index contributed by atoms with van der Waals surface area (Å²) in [6, 6.07) is 19.5. The van der Waals surface area contributed by atoms with E-state index in [0.29, 0.717) is 36.7 Å². The number of halogens is 1. The van der Waals surface area contributed by atoms with Gasteiger partial charge < -0.3 is 14.8 Å². The third kappa shape index (κ3) is 4.87. The predicted molar refractivity (Wildman–Crippen MR) is 130 cm³/mol. The molecule has 2 aromatic carbocycles. The number of hydrogen-bond donors (Lipinski definition) is 1. The Bertz CT molecular complexity index is 1300. The molecular weight excluding hydrogens is 445 g/mol. The maximum Gasteiger partial charge on any atom is 0.259 e. The number of likely N-dealkylation sites (tertiary alicyclic amines) is 1. The van der Waals surface area contributed by atoms with Crippen LogP contribution in [-0.4, -0.2) is 44.2 Å². The Morgan fingerprint density at radius 2 is 1.74 bits per heavy atom. The fourth-order valence-corrected chi connectivity index (χ4v) is 4.46. The van der Waals surface area contributed by atoms with Crippen LogP contribution in [0.5, 0.6) is 0 Å². The lowest BCUT2D eigenvalue weighted by molar-refractivity contribution is -0.126. The van der Waals surface area contributed by atoms with Crippen LogP contribution in [0, 0.1) is 11.7 Å². The molecule has 1 atom stereocenters. The van der Waals surface area contributed by atoms with Crippen molar-refractivity contribution in [1.82, 2.24) is 24.6 Å². The van der Waals surface area contributed by atoms with Crippen molar-refractivity contribution in [2.75, 3.05) is 13.1 Å². The van der Waals surface area contributed by atoms with E-state index in [1.54, 1.807) is 27.9 Å². The molecule has 8 heteroatoms. The molecule has 0 aliphatic carbocycles. The molecule has 178 valence electrons. The number of carbonyl (C=O) groups is 2. The van der Waals surface area contributed by atoms with Crippen molar-refractivity contribution < 1.29 is 14.0 Å². The van der Waals surface area contributed by atoms with E-state index in [0.717, 1.165) is 18.4 Å². The molecule has 0 saturated carbocycles. The second kappa shape index (κ2) is 9.97. The lowest BCUT2D eigenvalue weighted by atomic mass is 9.96. The van der Waals surface area contributed by atoms with Crippen molar-refractivity contribution in [2.24, 2.45) is 5.92 Å². The van der Waals surface area contributed by atoms with E-state index >= 15 is 0 Å². The number of rotatable bonds is 6. The maximum absolute atomic E-state index is 13.6. The summed E-state index contributed by atoms with van der Waals surface area (Å²) in [5.74, 6) is -0.257. The first-order valence-corrected chi connectivity index (χ1v) is 11.7. The average molecular weight is 472 g/mol. The molecule has 35 heavy (non-hydrogen) atoms. The summed E-state index contributed by atoms with van der Waals surface area (Å²) in [6.45, 7) is 1.40. The van der Waals surface area contributed by atoms with E-state index < -0.39 is 0 Å². The monoisotopic (exact) mass is 471 g/mol. The number of benzene rings is 2. The van der Waals surface area contributed by atoms with Gasteiger partial charge in [0.2, 0.25) is 5.91 Å². The third-order valence-corrected chi connectivity index (χ3v) is 6.28. The van der Waals surface area contributed by atoms with Gasteiger partial charge in [0.05, 0.1) is 17.8 Å². The maximum atomic E-state index is 13.6. The number of nitrogens with zero attached hydrogens (tertiary/aromatic N) is 4. The van der Waals surface area contributed by atoms with Gasteiger partial charge in [0.15, 0.2) is 5.82 Å². The smallest absolute Gasteiger partial charge is 0.259 e. The largest absolute Gasteiger partial charge is 0.352 e. The van der Waals surface area contributed by atoms with Crippen molar-refractivity contribution in [1.29, 1.82) is 0 Å². The van der Waals surface area contributed by atoms with Crippen LogP contribution in [0.15, 0.2) is 85.3 Å². The Labute approximate surface area is 202 Å². The highest BCUT2D eigenvalue weighted by Crippen LogP contribution is 2.24. The van der Waals surface area contributed by atoms with Crippen LogP contribution in [0.2, 0.25) is 0 Å². The summed E-state index contributed by atoms with van der Waals surface area (Å²) in [4.78, 5) is 28.2. The predicted octanol–water partition coefficient (Wildman–Crippen LogP) is 3.97. The lowest BCUT2D eigenvalue weighted by Crippen LogP contribution is -2.45. The summed E-state index contributed by atoms with van der Waals surface area (Å²) >= 11 is 0.